The molecule has 0 fully saturated rings. The predicted molar refractivity (Wildman–Crippen MR) is 128 cm³/mol. The Morgan fingerprint density at radius 1 is 1.18 bits per heavy atom. The number of rotatable bonds is 10. The van der Waals surface area contributed by atoms with Gasteiger partial charge in [0.1, 0.15) is 0 Å². The molecule has 2 atom stereocenters. The van der Waals surface area contributed by atoms with Crippen LogP contribution in [0.4, 0.5) is 0 Å². The molecule has 0 aliphatic heterocycles. The molecule has 33 heavy (non-hydrogen) atoms. The van der Waals surface area contributed by atoms with Gasteiger partial charge in [0.15, 0.2) is 6.04 Å². The van der Waals surface area contributed by atoms with Crippen LogP contribution in [0, 0.1) is 5.41 Å². The standard InChI is InChI=1S/C24H36NO7P/c1-16(12-13-20-18(3)11-8-14-24(20,5)6)9-7-10-17(2)15-21(26)25-22(23(27)28)19(4)32-33(29,30)31/h7,9-10,12-13,15,19,22H,8,11,14H2,1-6H3,(H,25,26)(H,27,28)(H2,29,30,31)/t19-,22+/m1/s1. The average molecular weight is 482 g/mol. The third-order valence-electron chi connectivity index (χ3n) is 5.47. The normalized spacial score (nSPS) is 19.8. The third-order valence-corrected chi connectivity index (χ3v) is 6.08. The summed E-state index contributed by atoms with van der Waals surface area (Å²) in [6.07, 6.45) is 13.0. The van der Waals surface area contributed by atoms with E-state index < -0.39 is 31.8 Å². The van der Waals surface area contributed by atoms with Gasteiger partial charge in [-0.25, -0.2) is 9.36 Å². The number of carboxylic acids is 1. The Morgan fingerprint density at radius 2 is 1.82 bits per heavy atom. The molecule has 1 aliphatic rings. The quantitative estimate of drug-likeness (QED) is 0.204. The summed E-state index contributed by atoms with van der Waals surface area (Å²) in [5.74, 6) is -2.18. The van der Waals surface area contributed by atoms with Crippen LogP contribution in [0.25, 0.3) is 0 Å². The first-order chi connectivity index (χ1) is 15.1. The van der Waals surface area contributed by atoms with Crippen LogP contribution in [0.3, 0.4) is 0 Å². The fraction of sp³-hybridized carbons (Fsp3) is 0.500. The SMILES string of the molecule is CC(C=CC1=C(C)CCCC1(C)C)=CC=CC(C)=CC(=O)N[C@H](C(=O)O)[C@@H](C)OP(=O)(O)O. The minimum atomic E-state index is -4.89. The van der Waals surface area contributed by atoms with E-state index in [1.807, 2.05) is 13.0 Å². The lowest BCUT2D eigenvalue weighted by Gasteiger charge is -2.32. The van der Waals surface area contributed by atoms with Gasteiger partial charge in [0.05, 0.1) is 6.10 Å². The maximum Gasteiger partial charge on any atom is 0.469 e. The zero-order chi connectivity index (χ0) is 25.4. The van der Waals surface area contributed by atoms with Gasteiger partial charge in [-0.2, -0.15) is 0 Å². The van der Waals surface area contributed by atoms with E-state index >= 15 is 0 Å². The summed E-state index contributed by atoms with van der Waals surface area (Å²) in [6.45, 7) is 11.5. The topological polar surface area (TPSA) is 133 Å². The number of carbonyl (C=O) groups excluding carboxylic acids is 1. The van der Waals surface area contributed by atoms with Crippen LogP contribution in [0.2, 0.25) is 0 Å². The Labute approximate surface area is 196 Å². The summed E-state index contributed by atoms with van der Waals surface area (Å²) >= 11 is 0. The van der Waals surface area contributed by atoms with Gasteiger partial charge < -0.3 is 20.2 Å². The zero-order valence-corrected chi connectivity index (χ0v) is 21.1. The third kappa shape index (κ3) is 10.5. The van der Waals surface area contributed by atoms with E-state index in [4.69, 9.17) is 9.79 Å². The summed E-state index contributed by atoms with van der Waals surface area (Å²) in [5, 5.41) is 11.4. The molecule has 1 aliphatic carbocycles. The highest BCUT2D eigenvalue weighted by Crippen LogP contribution is 2.41. The summed E-state index contributed by atoms with van der Waals surface area (Å²) in [6, 6.07) is -1.62. The molecule has 0 saturated heterocycles. The fourth-order valence-corrected chi connectivity index (χ4v) is 4.29. The molecule has 1 amide bonds. The van der Waals surface area contributed by atoms with Crippen molar-refractivity contribution in [3.63, 3.8) is 0 Å². The summed E-state index contributed by atoms with van der Waals surface area (Å²) in [4.78, 5) is 41.2. The van der Waals surface area contributed by atoms with Crippen molar-refractivity contribution in [3.8, 4) is 0 Å². The number of amides is 1. The lowest BCUT2D eigenvalue weighted by atomic mass is 9.72. The Morgan fingerprint density at radius 3 is 2.36 bits per heavy atom. The molecule has 0 heterocycles. The molecule has 0 saturated carbocycles. The van der Waals surface area contributed by atoms with Crippen LogP contribution in [0.15, 0.2) is 58.7 Å². The Bertz CT molecular complexity index is 934. The van der Waals surface area contributed by atoms with Crippen molar-refractivity contribution in [2.24, 2.45) is 5.41 Å². The molecule has 0 bridgehead atoms. The Hall–Kier alpha value is -2.25. The lowest BCUT2D eigenvalue weighted by molar-refractivity contribution is -0.143. The van der Waals surface area contributed by atoms with Crippen LogP contribution in [-0.4, -0.2) is 38.9 Å². The number of hydrogen-bond donors (Lipinski definition) is 4. The molecule has 0 spiro atoms. The maximum atomic E-state index is 12.1. The number of allylic oxidation sites excluding steroid dienone is 9. The Kier molecular flexibility index (Phi) is 10.7. The smallest absolute Gasteiger partial charge is 0.469 e. The molecular formula is C24H36NO7P. The van der Waals surface area contributed by atoms with Crippen LogP contribution >= 0.6 is 7.82 Å². The monoisotopic (exact) mass is 481 g/mol. The van der Waals surface area contributed by atoms with Crippen molar-refractivity contribution in [2.45, 2.75) is 73.0 Å². The van der Waals surface area contributed by atoms with Crippen molar-refractivity contribution in [3.05, 3.63) is 58.7 Å². The van der Waals surface area contributed by atoms with Gasteiger partial charge in [0.25, 0.3) is 0 Å². The fourth-order valence-electron chi connectivity index (χ4n) is 3.74. The number of carbonyl (C=O) groups is 2. The highest BCUT2D eigenvalue weighted by atomic mass is 31.2. The molecule has 4 N–H and O–H groups in total. The maximum absolute atomic E-state index is 12.1. The highest BCUT2D eigenvalue weighted by molar-refractivity contribution is 7.46. The second-order valence-electron chi connectivity index (χ2n) is 9.05. The van der Waals surface area contributed by atoms with Gasteiger partial charge in [0, 0.05) is 6.08 Å². The van der Waals surface area contributed by atoms with Gasteiger partial charge in [-0.15, -0.1) is 0 Å². The minimum Gasteiger partial charge on any atom is -0.480 e. The van der Waals surface area contributed by atoms with E-state index in [2.05, 4.69) is 42.8 Å². The molecule has 0 radical (unpaired) electrons. The van der Waals surface area contributed by atoms with Crippen LogP contribution in [-0.2, 0) is 18.7 Å². The van der Waals surface area contributed by atoms with E-state index in [1.165, 1.54) is 30.1 Å². The number of phosphoric acid groups is 1. The predicted octanol–water partition coefficient (Wildman–Crippen LogP) is 4.59. The number of nitrogens with one attached hydrogen (secondary N) is 1. The van der Waals surface area contributed by atoms with Crippen molar-refractivity contribution in [1.82, 2.24) is 5.32 Å². The molecule has 0 unspecified atom stereocenters. The van der Waals surface area contributed by atoms with Crippen molar-refractivity contribution >= 4 is 19.7 Å². The van der Waals surface area contributed by atoms with Gasteiger partial charge >= 0.3 is 13.8 Å². The van der Waals surface area contributed by atoms with Crippen LogP contribution < -0.4 is 5.32 Å². The largest absolute Gasteiger partial charge is 0.480 e. The van der Waals surface area contributed by atoms with Gasteiger partial charge in [0.2, 0.25) is 5.91 Å². The van der Waals surface area contributed by atoms with E-state index in [-0.39, 0.29) is 5.41 Å². The molecule has 0 aromatic rings. The van der Waals surface area contributed by atoms with Crippen LogP contribution in [0.5, 0.6) is 0 Å². The van der Waals surface area contributed by atoms with Crippen molar-refractivity contribution < 1.29 is 33.6 Å². The van der Waals surface area contributed by atoms with E-state index in [1.54, 1.807) is 19.1 Å². The molecule has 9 heteroatoms. The molecule has 8 nitrogen and oxygen atoms in total. The molecule has 1 rings (SSSR count). The van der Waals surface area contributed by atoms with E-state index in [0.717, 1.165) is 18.9 Å². The zero-order valence-electron chi connectivity index (χ0n) is 20.2. The van der Waals surface area contributed by atoms with Crippen molar-refractivity contribution in [1.29, 1.82) is 0 Å². The van der Waals surface area contributed by atoms with E-state index in [9.17, 15) is 19.3 Å². The van der Waals surface area contributed by atoms with Gasteiger partial charge in [-0.3, -0.25) is 9.32 Å². The first kappa shape index (κ1) is 28.8. The number of hydrogen-bond acceptors (Lipinski definition) is 4. The highest BCUT2D eigenvalue weighted by Gasteiger charge is 2.32. The minimum absolute atomic E-state index is 0.170. The second kappa shape index (κ2) is 12.3. The van der Waals surface area contributed by atoms with Crippen molar-refractivity contribution in [2.75, 3.05) is 0 Å². The summed E-state index contributed by atoms with van der Waals surface area (Å²) in [7, 11) is -4.89. The summed E-state index contributed by atoms with van der Waals surface area (Å²) in [5.41, 5.74) is 4.59. The number of carboxylic acid groups (broad SMARTS) is 1. The number of aliphatic carboxylic acids is 1. The number of phosphoric ester groups is 1. The van der Waals surface area contributed by atoms with Gasteiger partial charge in [-0.1, -0.05) is 55.4 Å². The summed E-state index contributed by atoms with van der Waals surface area (Å²) < 4.78 is 15.3. The molecule has 0 aromatic heterocycles. The second-order valence-corrected chi connectivity index (χ2v) is 10.2. The van der Waals surface area contributed by atoms with Crippen LogP contribution in [0.1, 0.15) is 60.8 Å². The Balaban J connectivity index is 2.79. The lowest BCUT2D eigenvalue weighted by Crippen LogP contribution is -2.47. The van der Waals surface area contributed by atoms with E-state index in [0.29, 0.717) is 5.57 Å². The average Bonchev–Trinajstić information content (AvgIpc) is 2.63. The molecule has 184 valence electrons. The first-order valence-corrected chi connectivity index (χ1v) is 12.3. The molecular weight excluding hydrogens is 445 g/mol. The van der Waals surface area contributed by atoms with Gasteiger partial charge in [-0.05, 0) is 63.5 Å². The molecule has 0 aromatic carbocycles. The first-order valence-electron chi connectivity index (χ1n) is 10.8.